The monoisotopic (exact) mass is 267 g/mol. The van der Waals surface area contributed by atoms with Gasteiger partial charge in [0.2, 0.25) is 0 Å². The molecule has 0 spiro atoms. The van der Waals surface area contributed by atoms with Crippen LogP contribution in [0, 0.1) is 0 Å². The Labute approximate surface area is 84.2 Å². The lowest BCUT2D eigenvalue weighted by Crippen LogP contribution is -2.40. The minimum absolute atomic E-state index is 0.427. The molecule has 8 nitrogen and oxygen atoms in total. The van der Waals surface area contributed by atoms with Crippen molar-refractivity contribution in [2.24, 2.45) is 5.73 Å². The molecule has 0 aromatic carbocycles. The smallest absolute Gasteiger partial charge is 0.365 e. The van der Waals surface area contributed by atoms with Gasteiger partial charge in [0.25, 0.3) is 5.08 Å². The van der Waals surface area contributed by atoms with Crippen LogP contribution in [0.25, 0.3) is 0 Å². The summed E-state index contributed by atoms with van der Waals surface area (Å²) in [6.07, 6.45) is -3.60. The van der Waals surface area contributed by atoms with Crippen LogP contribution in [0.1, 0.15) is 6.42 Å². The highest BCUT2D eigenvalue weighted by atomic mass is 31.2. The predicted octanol–water partition coefficient (Wildman–Crippen LogP) is -1.33. The Morgan fingerprint density at radius 1 is 1.20 bits per heavy atom. The second-order valence-electron chi connectivity index (χ2n) is 2.82. The van der Waals surface area contributed by atoms with E-state index in [2.05, 4.69) is 0 Å². The Kier molecular flexibility index (Phi) is 4.61. The third-order valence-corrected chi connectivity index (χ3v) is 5.54. The van der Waals surface area contributed by atoms with Crippen molar-refractivity contribution in [3.8, 4) is 0 Å². The first-order valence-electron chi connectivity index (χ1n) is 3.66. The van der Waals surface area contributed by atoms with Crippen LogP contribution in [0.5, 0.6) is 0 Å². The number of aliphatic hydroxyl groups is 1. The lowest BCUT2D eigenvalue weighted by atomic mass is 10.3. The van der Waals surface area contributed by atoms with Crippen LogP contribution in [0.3, 0.4) is 0 Å². The number of nitrogens with two attached hydrogens (primary N) is 1. The van der Waals surface area contributed by atoms with Crippen molar-refractivity contribution < 1.29 is 38.2 Å². The first-order chi connectivity index (χ1) is 6.48. The Hall–Kier alpha value is 0.150. The maximum atomic E-state index is 13.1. The highest BCUT2D eigenvalue weighted by molar-refractivity contribution is 7.72. The van der Waals surface area contributed by atoms with Gasteiger partial charge in [0.05, 0.1) is 0 Å². The van der Waals surface area contributed by atoms with Crippen LogP contribution in [0.2, 0.25) is 0 Å². The minimum atomic E-state index is -5.73. The summed E-state index contributed by atoms with van der Waals surface area (Å²) in [7, 11) is -11.5. The van der Waals surface area contributed by atoms with Crippen LogP contribution in [-0.4, -0.2) is 42.5 Å². The standard InChI is InChI=1S/C4H12FNO7P2/c5-3(1-2-6)4(7,14(8,9)10)15(11,12)13/h3,7H,1-2,6H2,(H2,8,9,10)(H2,11,12,13). The molecule has 1 unspecified atom stereocenters. The first-order valence-corrected chi connectivity index (χ1v) is 6.88. The molecule has 0 saturated carbocycles. The zero-order chi connectivity index (χ0) is 12.5. The summed E-state index contributed by atoms with van der Waals surface area (Å²) >= 11 is 0. The zero-order valence-corrected chi connectivity index (χ0v) is 9.18. The van der Waals surface area contributed by atoms with Crippen molar-refractivity contribution in [1.82, 2.24) is 0 Å². The second kappa shape index (κ2) is 4.57. The third kappa shape index (κ3) is 2.83. The number of rotatable bonds is 5. The summed E-state index contributed by atoms with van der Waals surface area (Å²) in [4.78, 5) is 34.2. The average molecular weight is 267 g/mol. The van der Waals surface area contributed by atoms with Gasteiger partial charge in [0.15, 0.2) is 6.17 Å². The average Bonchev–Trinajstić information content (AvgIpc) is 1.99. The SMILES string of the molecule is NCCC(F)C(O)(P(=O)(O)O)P(=O)(O)O. The summed E-state index contributed by atoms with van der Waals surface area (Å²) in [5.41, 5.74) is 4.86. The van der Waals surface area contributed by atoms with Gasteiger partial charge in [-0.1, -0.05) is 0 Å². The third-order valence-electron chi connectivity index (χ3n) is 1.70. The van der Waals surface area contributed by atoms with Crippen molar-refractivity contribution >= 4 is 15.2 Å². The van der Waals surface area contributed by atoms with Gasteiger partial charge in [-0.05, 0) is 13.0 Å². The molecule has 15 heavy (non-hydrogen) atoms. The van der Waals surface area contributed by atoms with Crippen molar-refractivity contribution in [1.29, 1.82) is 0 Å². The van der Waals surface area contributed by atoms with E-state index in [0.717, 1.165) is 0 Å². The molecule has 0 heterocycles. The molecule has 0 aliphatic heterocycles. The fourth-order valence-electron chi connectivity index (χ4n) is 0.875. The van der Waals surface area contributed by atoms with E-state index in [1.54, 1.807) is 0 Å². The van der Waals surface area contributed by atoms with E-state index < -0.39 is 39.4 Å². The summed E-state index contributed by atoms with van der Waals surface area (Å²) in [6, 6.07) is 0. The van der Waals surface area contributed by atoms with Gasteiger partial charge in [0.1, 0.15) is 0 Å². The lowest BCUT2D eigenvalue weighted by molar-refractivity contribution is 0.0530. The molecular weight excluding hydrogens is 255 g/mol. The van der Waals surface area contributed by atoms with E-state index in [-0.39, 0.29) is 0 Å². The quantitative estimate of drug-likeness (QED) is 0.334. The molecule has 92 valence electrons. The largest absolute Gasteiger partial charge is 0.372 e. The molecule has 0 radical (unpaired) electrons. The molecule has 0 fully saturated rings. The first kappa shape index (κ1) is 15.2. The van der Waals surface area contributed by atoms with Crippen LogP contribution in [0.4, 0.5) is 4.39 Å². The Morgan fingerprint density at radius 2 is 1.53 bits per heavy atom. The van der Waals surface area contributed by atoms with Gasteiger partial charge in [-0.25, -0.2) is 4.39 Å². The molecule has 0 rings (SSSR count). The maximum Gasteiger partial charge on any atom is 0.372 e. The highest BCUT2D eigenvalue weighted by Gasteiger charge is 2.64. The zero-order valence-electron chi connectivity index (χ0n) is 7.39. The van der Waals surface area contributed by atoms with Gasteiger partial charge in [-0.3, -0.25) is 9.13 Å². The molecule has 0 saturated heterocycles. The van der Waals surface area contributed by atoms with Gasteiger partial charge >= 0.3 is 15.2 Å². The van der Waals surface area contributed by atoms with Crippen LogP contribution in [0.15, 0.2) is 0 Å². The Bertz CT molecular complexity index is 288. The van der Waals surface area contributed by atoms with E-state index in [1.807, 2.05) is 0 Å². The van der Waals surface area contributed by atoms with Crippen LogP contribution < -0.4 is 5.73 Å². The molecule has 0 aromatic rings. The maximum absolute atomic E-state index is 13.1. The molecule has 0 aromatic heterocycles. The fourth-order valence-corrected chi connectivity index (χ4v) is 3.22. The molecule has 0 bridgehead atoms. The van der Waals surface area contributed by atoms with E-state index in [1.165, 1.54) is 0 Å². The van der Waals surface area contributed by atoms with Gasteiger partial charge in [0, 0.05) is 0 Å². The molecule has 0 aliphatic carbocycles. The Balaban J connectivity index is 5.43. The van der Waals surface area contributed by atoms with Gasteiger partial charge < -0.3 is 30.4 Å². The van der Waals surface area contributed by atoms with Gasteiger partial charge in [-0.15, -0.1) is 0 Å². The fraction of sp³-hybridized carbons (Fsp3) is 1.00. The van der Waals surface area contributed by atoms with E-state index >= 15 is 0 Å². The number of hydrogen-bond donors (Lipinski definition) is 6. The molecule has 0 aliphatic rings. The number of alkyl halides is 1. The van der Waals surface area contributed by atoms with Crippen molar-refractivity contribution in [2.45, 2.75) is 17.7 Å². The van der Waals surface area contributed by atoms with Crippen molar-refractivity contribution in [3.05, 3.63) is 0 Å². The summed E-state index contributed by atoms with van der Waals surface area (Å²) in [5, 5.41) is 5.10. The van der Waals surface area contributed by atoms with Crippen LogP contribution in [-0.2, 0) is 9.13 Å². The second-order valence-corrected chi connectivity index (χ2v) is 6.71. The number of hydrogen-bond acceptors (Lipinski definition) is 4. The van der Waals surface area contributed by atoms with E-state index in [0.29, 0.717) is 0 Å². The molecule has 11 heteroatoms. The normalized spacial score (nSPS) is 16.5. The lowest BCUT2D eigenvalue weighted by Gasteiger charge is -2.31. The van der Waals surface area contributed by atoms with Crippen molar-refractivity contribution in [2.75, 3.05) is 6.54 Å². The molecule has 0 amide bonds. The van der Waals surface area contributed by atoms with Crippen LogP contribution >= 0.6 is 15.2 Å². The van der Waals surface area contributed by atoms with Gasteiger partial charge in [-0.2, -0.15) is 0 Å². The van der Waals surface area contributed by atoms with E-state index in [4.69, 9.17) is 30.4 Å². The Morgan fingerprint density at radius 3 is 1.73 bits per heavy atom. The number of halogens is 1. The van der Waals surface area contributed by atoms with E-state index in [9.17, 15) is 13.5 Å². The van der Waals surface area contributed by atoms with Crippen molar-refractivity contribution in [3.63, 3.8) is 0 Å². The predicted molar refractivity (Wildman–Crippen MR) is 47.6 cm³/mol. The summed E-state index contributed by atoms with van der Waals surface area (Å²) in [5.74, 6) is 0. The minimum Gasteiger partial charge on any atom is -0.365 e. The molecule has 1 atom stereocenters. The molecular formula is C4H12FNO7P2. The highest BCUT2D eigenvalue weighted by Crippen LogP contribution is 2.69. The topological polar surface area (TPSA) is 161 Å². The summed E-state index contributed by atoms with van der Waals surface area (Å²) < 4.78 is 34.5. The molecule has 7 N–H and O–H groups in total. The summed E-state index contributed by atoms with van der Waals surface area (Å²) in [6.45, 7) is -0.427.